The van der Waals surface area contributed by atoms with Crippen molar-refractivity contribution in [1.82, 2.24) is 10.2 Å². The third kappa shape index (κ3) is 6.74. The second-order valence-electron chi connectivity index (χ2n) is 7.21. The highest BCUT2D eigenvalue weighted by Gasteiger charge is 2.30. The molecule has 0 saturated heterocycles. The van der Waals surface area contributed by atoms with E-state index in [0.29, 0.717) is 22.2 Å². The van der Waals surface area contributed by atoms with E-state index in [0.717, 1.165) is 11.1 Å². The molecule has 7 heteroatoms. The number of hydrogen-bond donors (Lipinski definition) is 1. The monoisotopic (exact) mass is 470 g/mol. The maximum Gasteiger partial charge on any atom is 0.261 e. The van der Waals surface area contributed by atoms with Crippen LogP contribution < -0.4 is 10.1 Å². The van der Waals surface area contributed by atoms with Crippen molar-refractivity contribution in [2.24, 2.45) is 0 Å². The molecule has 0 aliphatic heterocycles. The van der Waals surface area contributed by atoms with Crippen LogP contribution in [-0.2, 0) is 22.6 Å². The van der Waals surface area contributed by atoms with E-state index in [4.69, 9.17) is 27.9 Å². The Morgan fingerprint density at radius 2 is 1.62 bits per heavy atom. The number of carbonyl (C=O) groups excluding carboxylic acids is 2. The molecule has 0 radical (unpaired) electrons. The van der Waals surface area contributed by atoms with Gasteiger partial charge in [-0.05, 0) is 41.5 Å². The van der Waals surface area contributed by atoms with E-state index >= 15 is 0 Å². The largest absolute Gasteiger partial charge is 0.484 e. The van der Waals surface area contributed by atoms with Gasteiger partial charge in [0.25, 0.3) is 5.91 Å². The Bertz CT molecular complexity index is 1040. The lowest BCUT2D eigenvalue weighted by Gasteiger charge is -2.31. The molecule has 0 spiro atoms. The molecule has 0 aliphatic rings. The molecule has 3 aromatic rings. The zero-order valence-corrected chi connectivity index (χ0v) is 19.1. The van der Waals surface area contributed by atoms with Crippen molar-refractivity contribution in [3.63, 3.8) is 0 Å². The molecule has 0 saturated carbocycles. The highest BCUT2D eigenvalue weighted by molar-refractivity contribution is 6.30. The van der Waals surface area contributed by atoms with E-state index in [1.54, 1.807) is 48.3 Å². The molecule has 0 unspecified atom stereocenters. The summed E-state index contributed by atoms with van der Waals surface area (Å²) in [6.07, 6.45) is 0.372. The van der Waals surface area contributed by atoms with Crippen molar-refractivity contribution in [2.75, 3.05) is 13.7 Å². The fraction of sp³-hybridized carbons (Fsp3) is 0.200. The highest BCUT2D eigenvalue weighted by atomic mass is 35.5. The lowest BCUT2D eigenvalue weighted by atomic mass is 10.0. The number of ether oxygens (including phenoxy) is 1. The summed E-state index contributed by atoms with van der Waals surface area (Å²) in [4.78, 5) is 27.7. The van der Waals surface area contributed by atoms with Gasteiger partial charge in [-0.1, -0.05) is 71.7 Å². The summed E-state index contributed by atoms with van der Waals surface area (Å²) in [5, 5.41) is 3.80. The summed E-state index contributed by atoms with van der Waals surface area (Å²) < 4.78 is 5.67. The first-order valence-electron chi connectivity index (χ1n) is 10.1. The number of amides is 2. The van der Waals surface area contributed by atoms with E-state index in [1.165, 1.54) is 0 Å². The molecule has 0 fully saturated rings. The van der Waals surface area contributed by atoms with E-state index in [-0.39, 0.29) is 25.0 Å². The van der Waals surface area contributed by atoms with Gasteiger partial charge in [-0.2, -0.15) is 0 Å². The average Bonchev–Trinajstić information content (AvgIpc) is 2.81. The number of likely N-dealkylation sites (N-methyl/N-ethyl adjacent to an activating group) is 1. The Labute approximate surface area is 197 Å². The van der Waals surface area contributed by atoms with Crippen molar-refractivity contribution >= 4 is 35.0 Å². The van der Waals surface area contributed by atoms with Crippen LogP contribution in [-0.4, -0.2) is 36.4 Å². The summed E-state index contributed by atoms with van der Waals surface area (Å²) in [7, 11) is 1.56. The summed E-state index contributed by atoms with van der Waals surface area (Å²) >= 11 is 12.0. The van der Waals surface area contributed by atoms with Gasteiger partial charge in [-0.15, -0.1) is 0 Å². The van der Waals surface area contributed by atoms with Gasteiger partial charge < -0.3 is 15.0 Å². The number of nitrogens with one attached hydrogen (secondary N) is 1. The molecule has 2 amide bonds. The van der Waals surface area contributed by atoms with Crippen LogP contribution in [0.25, 0.3) is 0 Å². The zero-order chi connectivity index (χ0) is 22.9. The number of nitrogens with zero attached hydrogens (tertiary/aromatic N) is 1. The molecule has 1 atom stereocenters. The van der Waals surface area contributed by atoms with Crippen LogP contribution in [0, 0.1) is 0 Å². The summed E-state index contributed by atoms with van der Waals surface area (Å²) in [6.45, 7) is 0.00996. The van der Waals surface area contributed by atoms with Gasteiger partial charge in [-0.3, -0.25) is 9.59 Å². The molecule has 0 heterocycles. The van der Waals surface area contributed by atoms with Crippen molar-refractivity contribution in [1.29, 1.82) is 0 Å². The van der Waals surface area contributed by atoms with Crippen LogP contribution in [0.1, 0.15) is 11.1 Å². The minimum absolute atomic E-state index is 0.226. The van der Waals surface area contributed by atoms with Crippen LogP contribution >= 0.6 is 23.2 Å². The minimum atomic E-state index is -0.714. The first kappa shape index (κ1) is 23.6. The second-order valence-corrected chi connectivity index (χ2v) is 8.09. The van der Waals surface area contributed by atoms with Crippen LogP contribution in [0.2, 0.25) is 10.0 Å². The smallest absolute Gasteiger partial charge is 0.261 e. The van der Waals surface area contributed by atoms with Gasteiger partial charge in [0.15, 0.2) is 6.61 Å². The number of hydrogen-bond acceptors (Lipinski definition) is 3. The maximum absolute atomic E-state index is 13.3. The van der Waals surface area contributed by atoms with Crippen LogP contribution in [0.5, 0.6) is 5.75 Å². The summed E-state index contributed by atoms with van der Waals surface area (Å²) in [5.41, 5.74) is 1.80. The Balaban J connectivity index is 1.86. The van der Waals surface area contributed by atoms with Crippen molar-refractivity contribution in [3.05, 3.63) is 100 Å². The molecule has 3 rings (SSSR count). The number of halogens is 2. The van der Waals surface area contributed by atoms with Crippen molar-refractivity contribution < 1.29 is 14.3 Å². The third-order valence-electron chi connectivity index (χ3n) is 4.94. The fourth-order valence-corrected chi connectivity index (χ4v) is 3.60. The predicted molar refractivity (Wildman–Crippen MR) is 127 cm³/mol. The van der Waals surface area contributed by atoms with Gasteiger partial charge in [0.1, 0.15) is 11.8 Å². The SMILES string of the molecule is CNC(=O)[C@@H](Cc1ccccc1)N(Cc1ccc(Cl)cc1)C(=O)COc1cccc(Cl)c1. The predicted octanol–water partition coefficient (Wildman–Crippen LogP) is 4.76. The Morgan fingerprint density at radius 3 is 2.28 bits per heavy atom. The molecular formula is C25H24Cl2N2O3. The molecular weight excluding hydrogens is 447 g/mol. The highest BCUT2D eigenvalue weighted by Crippen LogP contribution is 2.19. The average molecular weight is 471 g/mol. The minimum Gasteiger partial charge on any atom is -0.484 e. The van der Waals surface area contributed by atoms with Crippen LogP contribution in [0.3, 0.4) is 0 Å². The lowest BCUT2D eigenvalue weighted by molar-refractivity contribution is -0.142. The van der Waals surface area contributed by atoms with Crippen molar-refractivity contribution in [2.45, 2.75) is 19.0 Å². The van der Waals surface area contributed by atoms with Gasteiger partial charge in [0.2, 0.25) is 5.91 Å². The summed E-state index contributed by atoms with van der Waals surface area (Å²) in [5.74, 6) is -0.0831. The second kappa shape index (κ2) is 11.6. The summed E-state index contributed by atoms with van der Waals surface area (Å²) in [6, 6.07) is 22.9. The van der Waals surface area contributed by atoms with Gasteiger partial charge >= 0.3 is 0 Å². The molecule has 0 aromatic heterocycles. The first-order valence-corrected chi connectivity index (χ1v) is 10.9. The van der Waals surface area contributed by atoms with Crippen LogP contribution in [0.15, 0.2) is 78.9 Å². The van der Waals surface area contributed by atoms with E-state index in [2.05, 4.69) is 5.32 Å². The molecule has 32 heavy (non-hydrogen) atoms. The Hall–Kier alpha value is -3.02. The molecule has 3 aromatic carbocycles. The number of benzene rings is 3. The maximum atomic E-state index is 13.3. The zero-order valence-electron chi connectivity index (χ0n) is 17.6. The van der Waals surface area contributed by atoms with Gasteiger partial charge in [0, 0.05) is 30.1 Å². The van der Waals surface area contributed by atoms with Gasteiger partial charge in [-0.25, -0.2) is 0 Å². The molecule has 1 N–H and O–H groups in total. The fourth-order valence-electron chi connectivity index (χ4n) is 3.29. The molecule has 5 nitrogen and oxygen atoms in total. The van der Waals surface area contributed by atoms with E-state index in [1.807, 2.05) is 42.5 Å². The van der Waals surface area contributed by atoms with E-state index < -0.39 is 6.04 Å². The Morgan fingerprint density at radius 1 is 0.906 bits per heavy atom. The quantitative estimate of drug-likeness (QED) is 0.490. The van der Waals surface area contributed by atoms with Crippen LogP contribution in [0.4, 0.5) is 0 Å². The normalized spacial score (nSPS) is 11.5. The van der Waals surface area contributed by atoms with Crippen molar-refractivity contribution in [3.8, 4) is 5.75 Å². The Kier molecular flexibility index (Phi) is 8.54. The topological polar surface area (TPSA) is 58.6 Å². The molecule has 0 bridgehead atoms. The lowest BCUT2D eigenvalue weighted by Crippen LogP contribution is -2.51. The molecule has 0 aliphatic carbocycles. The van der Waals surface area contributed by atoms with E-state index in [9.17, 15) is 9.59 Å². The molecule has 166 valence electrons. The third-order valence-corrected chi connectivity index (χ3v) is 5.43. The standard InChI is InChI=1S/C25H24Cl2N2O3/c1-28-25(31)23(14-18-6-3-2-4-7-18)29(16-19-10-12-20(26)13-11-19)24(30)17-32-22-9-5-8-21(27)15-22/h2-13,15,23H,14,16-17H2,1H3,(H,28,31)/t23-/m1/s1. The first-order chi connectivity index (χ1) is 15.5. The number of carbonyl (C=O) groups is 2. The van der Waals surface area contributed by atoms with Gasteiger partial charge in [0.05, 0.1) is 0 Å². The number of rotatable bonds is 9.